The van der Waals surface area contributed by atoms with Crippen LogP contribution < -0.4 is 15.1 Å². The monoisotopic (exact) mass is 479 g/mol. The fourth-order valence-electron chi connectivity index (χ4n) is 4.18. The second kappa shape index (κ2) is 10.9. The first kappa shape index (κ1) is 24.0. The van der Waals surface area contributed by atoms with Crippen LogP contribution in [-0.2, 0) is 0 Å². The number of piperazine rings is 1. The van der Waals surface area contributed by atoms with Crippen LogP contribution in [0.5, 0.6) is 0 Å². The molecule has 0 aliphatic carbocycles. The lowest BCUT2D eigenvalue weighted by Gasteiger charge is -2.34. The minimum absolute atomic E-state index is 0.156. The number of likely N-dealkylation sites (N-methyl/N-ethyl adjacent to an activating group) is 1. The van der Waals surface area contributed by atoms with Crippen LogP contribution >= 0.6 is 0 Å². The first-order chi connectivity index (χ1) is 17.0. The van der Waals surface area contributed by atoms with E-state index in [0.717, 1.165) is 12.2 Å². The van der Waals surface area contributed by atoms with E-state index in [0.29, 0.717) is 39.3 Å². The highest BCUT2D eigenvalue weighted by atomic mass is 16.6. The van der Waals surface area contributed by atoms with Gasteiger partial charge in [-0.15, -0.1) is 0 Å². The summed E-state index contributed by atoms with van der Waals surface area (Å²) in [4.78, 5) is 38.1. The number of carbonyl (C=O) groups excluding carboxylic acids is 1. The van der Waals surface area contributed by atoms with E-state index in [4.69, 9.17) is 4.42 Å². The molecule has 0 saturated carbocycles. The molecule has 1 aliphatic heterocycles. The molecule has 3 aromatic rings. The van der Waals surface area contributed by atoms with Crippen molar-refractivity contribution in [3.63, 3.8) is 0 Å². The van der Waals surface area contributed by atoms with Crippen LogP contribution in [0, 0.1) is 17.0 Å². The van der Waals surface area contributed by atoms with Gasteiger partial charge in [0.05, 0.1) is 11.2 Å². The zero-order valence-corrected chi connectivity index (χ0v) is 19.9. The standard InChI is InChI=1S/C24H29N7O4/c1-3-28(19-7-4-6-18(2)16-19)10-9-25-22-21(31(33)34)23(27-17-26-22)29-11-13-30(14-12-29)24(32)20-8-5-15-35-20/h4-8,15-17H,3,9-14H2,1-2H3,(H,25,26,27). The van der Waals surface area contributed by atoms with Gasteiger partial charge in [0, 0.05) is 51.5 Å². The summed E-state index contributed by atoms with van der Waals surface area (Å²) >= 11 is 0. The molecule has 0 spiro atoms. The minimum atomic E-state index is -0.448. The van der Waals surface area contributed by atoms with Crippen molar-refractivity contribution < 1.29 is 14.1 Å². The molecule has 35 heavy (non-hydrogen) atoms. The second-order valence-electron chi connectivity index (χ2n) is 8.25. The molecule has 0 bridgehead atoms. The SMILES string of the molecule is CCN(CCNc1ncnc(N2CCN(C(=O)c3ccco3)CC2)c1[N+](=O)[O-])c1cccc(C)c1. The third kappa shape index (κ3) is 5.51. The van der Waals surface area contributed by atoms with Gasteiger partial charge in [-0.2, -0.15) is 0 Å². The number of hydrogen-bond donors (Lipinski definition) is 1. The molecule has 1 saturated heterocycles. The van der Waals surface area contributed by atoms with Crippen molar-refractivity contribution in [1.29, 1.82) is 0 Å². The van der Waals surface area contributed by atoms with Crippen molar-refractivity contribution in [2.45, 2.75) is 13.8 Å². The van der Waals surface area contributed by atoms with E-state index in [1.807, 2.05) is 24.0 Å². The summed E-state index contributed by atoms with van der Waals surface area (Å²) in [6.45, 7) is 7.72. The summed E-state index contributed by atoms with van der Waals surface area (Å²) in [5, 5.41) is 15.1. The van der Waals surface area contributed by atoms with Gasteiger partial charge in [-0.25, -0.2) is 9.97 Å². The summed E-state index contributed by atoms with van der Waals surface area (Å²) < 4.78 is 5.20. The van der Waals surface area contributed by atoms with E-state index >= 15 is 0 Å². The Morgan fingerprint density at radius 3 is 2.66 bits per heavy atom. The van der Waals surface area contributed by atoms with Crippen molar-refractivity contribution in [3.05, 3.63) is 70.4 Å². The quantitative estimate of drug-likeness (QED) is 0.364. The molecule has 1 fully saturated rings. The fraction of sp³-hybridized carbons (Fsp3) is 0.375. The predicted octanol–water partition coefficient (Wildman–Crippen LogP) is 3.19. The predicted molar refractivity (Wildman–Crippen MR) is 133 cm³/mol. The number of nitro groups is 1. The second-order valence-corrected chi connectivity index (χ2v) is 8.25. The fourth-order valence-corrected chi connectivity index (χ4v) is 4.18. The van der Waals surface area contributed by atoms with Gasteiger partial charge in [-0.3, -0.25) is 14.9 Å². The third-order valence-electron chi connectivity index (χ3n) is 6.01. The maximum absolute atomic E-state index is 12.5. The van der Waals surface area contributed by atoms with Crippen molar-refractivity contribution in [2.75, 3.05) is 60.9 Å². The summed E-state index contributed by atoms with van der Waals surface area (Å²) in [6.07, 6.45) is 2.80. The van der Waals surface area contributed by atoms with Gasteiger partial charge in [-0.05, 0) is 43.7 Å². The number of benzene rings is 1. The van der Waals surface area contributed by atoms with E-state index < -0.39 is 4.92 Å². The van der Waals surface area contributed by atoms with Crippen LogP contribution in [0.3, 0.4) is 0 Å². The number of nitrogens with one attached hydrogen (secondary N) is 1. The van der Waals surface area contributed by atoms with Crippen LogP contribution in [0.15, 0.2) is 53.4 Å². The average Bonchev–Trinajstić information content (AvgIpc) is 3.41. The van der Waals surface area contributed by atoms with Crippen LogP contribution in [-0.4, -0.2) is 71.5 Å². The van der Waals surface area contributed by atoms with E-state index in [1.54, 1.807) is 17.0 Å². The maximum atomic E-state index is 12.5. The molecule has 1 aliphatic rings. The topological polar surface area (TPSA) is 121 Å². The smallest absolute Gasteiger partial charge is 0.353 e. The number of nitrogens with zero attached hydrogens (tertiary/aromatic N) is 6. The zero-order chi connectivity index (χ0) is 24.8. The Bertz CT molecular complexity index is 1160. The molecule has 1 aromatic carbocycles. The summed E-state index contributed by atoms with van der Waals surface area (Å²) in [7, 11) is 0. The molecule has 0 unspecified atom stereocenters. The summed E-state index contributed by atoms with van der Waals surface area (Å²) in [5.74, 6) is 0.533. The highest BCUT2D eigenvalue weighted by molar-refractivity contribution is 5.91. The number of carbonyl (C=O) groups is 1. The Hall–Kier alpha value is -4.15. The average molecular weight is 480 g/mol. The number of amides is 1. The Morgan fingerprint density at radius 2 is 2.00 bits per heavy atom. The van der Waals surface area contributed by atoms with Gasteiger partial charge in [0.2, 0.25) is 11.6 Å². The van der Waals surface area contributed by atoms with Crippen molar-refractivity contribution in [1.82, 2.24) is 14.9 Å². The van der Waals surface area contributed by atoms with Crippen molar-refractivity contribution >= 4 is 28.9 Å². The van der Waals surface area contributed by atoms with Crippen LogP contribution in [0.2, 0.25) is 0 Å². The van der Waals surface area contributed by atoms with Gasteiger partial charge in [0.25, 0.3) is 5.91 Å². The summed E-state index contributed by atoms with van der Waals surface area (Å²) in [6, 6.07) is 11.5. The first-order valence-corrected chi connectivity index (χ1v) is 11.6. The minimum Gasteiger partial charge on any atom is -0.459 e. The van der Waals surface area contributed by atoms with E-state index in [1.165, 1.54) is 18.2 Å². The lowest BCUT2D eigenvalue weighted by molar-refractivity contribution is -0.383. The van der Waals surface area contributed by atoms with Crippen LogP contribution in [0.4, 0.5) is 23.0 Å². The van der Waals surface area contributed by atoms with Gasteiger partial charge in [-0.1, -0.05) is 12.1 Å². The largest absolute Gasteiger partial charge is 0.459 e. The number of hydrogen-bond acceptors (Lipinski definition) is 9. The van der Waals surface area contributed by atoms with Crippen LogP contribution in [0.25, 0.3) is 0 Å². The number of aryl methyl sites for hydroxylation is 1. The molecular weight excluding hydrogens is 450 g/mol. The summed E-state index contributed by atoms with van der Waals surface area (Å²) in [5.41, 5.74) is 2.13. The Labute approximate surface area is 203 Å². The third-order valence-corrected chi connectivity index (χ3v) is 6.01. The zero-order valence-electron chi connectivity index (χ0n) is 19.9. The van der Waals surface area contributed by atoms with Crippen molar-refractivity contribution in [3.8, 4) is 0 Å². The van der Waals surface area contributed by atoms with E-state index in [-0.39, 0.29) is 29.0 Å². The van der Waals surface area contributed by atoms with Gasteiger partial charge >= 0.3 is 5.69 Å². The first-order valence-electron chi connectivity index (χ1n) is 11.6. The van der Waals surface area contributed by atoms with Gasteiger partial charge in [0.15, 0.2) is 5.76 Å². The lowest BCUT2D eigenvalue weighted by Crippen LogP contribution is -2.49. The molecule has 1 amide bonds. The van der Waals surface area contributed by atoms with E-state index in [9.17, 15) is 14.9 Å². The molecule has 11 heteroatoms. The highest BCUT2D eigenvalue weighted by Gasteiger charge is 2.31. The molecule has 3 heterocycles. The van der Waals surface area contributed by atoms with Crippen molar-refractivity contribution in [2.24, 2.45) is 0 Å². The number of furan rings is 1. The molecule has 0 atom stereocenters. The lowest BCUT2D eigenvalue weighted by atomic mass is 10.2. The molecule has 0 radical (unpaired) electrons. The number of anilines is 3. The van der Waals surface area contributed by atoms with Gasteiger partial charge in [0.1, 0.15) is 6.33 Å². The molecule has 184 valence electrons. The number of rotatable bonds is 9. The molecule has 11 nitrogen and oxygen atoms in total. The molecule has 2 aromatic heterocycles. The van der Waals surface area contributed by atoms with E-state index in [2.05, 4.69) is 39.2 Å². The van der Waals surface area contributed by atoms with Crippen LogP contribution in [0.1, 0.15) is 23.0 Å². The normalized spacial score (nSPS) is 13.5. The molecule has 4 rings (SSSR count). The highest BCUT2D eigenvalue weighted by Crippen LogP contribution is 2.32. The molecule has 1 N–H and O–H groups in total. The number of aromatic nitrogens is 2. The Morgan fingerprint density at radius 1 is 1.20 bits per heavy atom. The Balaban J connectivity index is 1.42. The van der Waals surface area contributed by atoms with Gasteiger partial charge < -0.3 is 24.4 Å². The maximum Gasteiger partial charge on any atom is 0.353 e. The molecular formula is C24H29N7O4. The Kier molecular flexibility index (Phi) is 7.44.